The van der Waals surface area contributed by atoms with Crippen LogP contribution in [0.2, 0.25) is 0 Å². The molecule has 0 aliphatic heterocycles. The van der Waals surface area contributed by atoms with E-state index in [-0.39, 0.29) is 0 Å². The topological polar surface area (TPSA) is 26.0 Å². The fourth-order valence-electron chi connectivity index (χ4n) is 2.14. The minimum atomic E-state index is 0.546. The van der Waals surface area contributed by atoms with Gasteiger partial charge in [-0.15, -0.1) is 11.8 Å². The van der Waals surface area contributed by atoms with E-state index in [0.29, 0.717) is 5.92 Å². The molecule has 0 spiro atoms. The fourth-order valence-corrected chi connectivity index (χ4v) is 3.62. The molecular formula is C17H20BrNS. The Morgan fingerprint density at radius 3 is 2.40 bits per heavy atom. The Kier molecular flexibility index (Phi) is 6.64. The molecule has 1 atom stereocenters. The van der Waals surface area contributed by atoms with E-state index >= 15 is 0 Å². The number of hydrogen-bond donors (Lipinski definition) is 1. The third-order valence-electron chi connectivity index (χ3n) is 3.34. The van der Waals surface area contributed by atoms with Crippen LogP contribution in [0.5, 0.6) is 0 Å². The molecule has 2 aromatic rings. The SMILES string of the molecule is NCC(CCSc1ccccc1)Cc1ccccc1Br. The molecule has 2 aromatic carbocycles. The Labute approximate surface area is 134 Å². The van der Waals surface area contributed by atoms with Crippen molar-refractivity contribution in [2.45, 2.75) is 17.7 Å². The highest BCUT2D eigenvalue weighted by atomic mass is 79.9. The second kappa shape index (κ2) is 8.50. The molecule has 0 heterocycles. The van der Waals surface area contributed by atoms with Crippen molar-refractivity contribution in [3.63, 3.8) is 0 Å². The summed E-state index contributed by atoms with van der Waals surface area (Å²) in [4.78, 5) is 1.34. The molecule has 0 radical (unpaired) electrons. The predicted octanol–water partition coefficient (Wildman–Crippen LogP) is 4.75. The van der Waals surface area contributed by atoms with Crippen LogP contribution in [0.3, 0.4) is 0 Å². The zero-order valence-electron chi connectivity index (χ0n) is 11.5. The average molecular weight is 350 g/mol. The molecule has 0 amide bonds. The predicted molar refractivity (Wildman–Crippen MR) is 92.2 cm³/mol. The van der Waals surface area contributed by atoms with Gasteiger partial charge in [0.15, 0.2) is 0 Å². The highest BCUT2D eigenvalue weighted by molar-refractivity contribution is 9.10. The van der Waals surface area contributed by atoms with Gasteiger partial charge in [0.25, 0.3) is 0 Å². The van der Waals surface area contributed by atoms with Crippen LogP contribution in [-0.4, -0.2) is 12.3 Å². The molecule has 0 saturated carbocycles. The molecule has 0 fully saturated rings. The van der Waals surface area contributed by atoms with E-state index < -0.39 is 0 Å². The second-order valence-corrected chi connectivity index (χ2v) is 6.87. The quantitative estimate of drug-likeness (QED) is 0.730. The van der Waals surface area contributed by atoms with Gasteiger partial charge in [0.1, 0.15) is 0 Å². The molecule has 2 rings (SSSR count). The molecule has 0 saturated heterocycles. The van der Waals surface area contributed by atoms with E-state index in [2.05, 4.69) is 70.5 Å². The molecule has 0 bridgehead atoms. The molecular weight excluding hydrogens is 330 g/mol. The van der Waals surface area contributed by atoms with Crippen LogP contribution >= 0.6 is 27.7 Å². The summed E-state index contributed by atoms with van der Waals surface area (Å²) < 4.78 is 1.19. The van der Waals surface area contributed by atoms with E-state index in [1.54, 1.807) is 0 Å². The van der Waals surface area contributed by atoms with Crippen LogP contribution in [0.4, 0.5) is 0 Å². The van der Waals surface area contributed by atoms with Crippen LogP contribution in [0.1, 0.15) is 12.0 Å². The largest absolute Gasteiger partial charge is 0.330 e. The Hall–Kier alpha value is -0.770. The van der Waals surface area contributed by atoms with Crippen molar-refractivity contribution in [3.8, 4) is 0 Å². The zero-order chi connectivity index (χ0) is 14.2. The summed E-state index contributed by atoms with van der Waals surface area (Å²) in [7, 11) is 0. The molecule has 1 nitrogen and oxygen atoms in total. The van der Waals surface area contributed by atoms with Crippen molar-refractivity contribution in [2.24, 2.45) is 11.7 Å². The van der Waals surface area contributed by atoms with Crippen molar-refractivity contribution in [2.75, 3.05) is 12.3 Å². The second-order valence-electron chi connectivity index (χ2n) is 4.85. The first-order valence-corrected chi connectivity index (χ1v) is 8.68. The molecule has 0 aliphatic carbocycles. The number of nitrogens with two attached hydrogens (primary N) is 1. The van der Waals surface area contributed by atoms with E-state index in [4.69, 9.17) is 5.73 Å². The van der Waals surface area contributed by atoms with Gasteiger partial charge >= 0.3 is 0 Å². The maximum absolute atomic E-state index is 5.93. The number of thioether (sulfide) groups is 1. The number of halogens is 1. The molecule has 0 aliphatic rings. The summed E-state index contributed by atoms with van der Waals surface area (Å²) in [6.45, 7) is 0.747. The van der Waals surface area contributed by atoms with Gasteiger partial charge in [-0.3, -0.25) is 0 Å². The minimum absolute atomic E-state index is 0.546. The van der Waals surface area contributed by atoms with Gasteiger partial charge in [-0.05, 0) is 54.8 Å². The molecule has 0 aromatic heterocycles. The number of benzene rings is 2. The van der Waals surface area contributed by atoms with E-state index in [0.717, 1.165) is 25.1 Å². The first kappa shape index (κ1) is 15.6. The zero-order valence-corrected chi connectivity index (χ0v) is 13.9. The lowest BCUT2D eigenvalue weighted by Crippen LogP contribution is -2.17. The van der Waals surface area contributed by atoms with Gasteiger partial charge in [-0.25, -0.2) is 0 Å². The monoisotopic (exact) mass is 349 g/mol. The molecule has 2 N–H and O–H groups in total. The van der Waals surface area contributed by atoms with Crippen LogP contribution in [0.15, 0.2) is 64.0 Å². The van der Waals surface area contributed by atoms with Gasteiger partial charge < -0.3 is 5.73 Å². The van der Waals surface area contributed by atoms with E-state index in [9.17, 15) is 0 Å². The van der Waals surface area contributed by atoms with Gasteiger partial charge in [0, 0.05) is 9.37 Å². The minimum Gasteiger partial charge on any atom is -0.330 e. The van der Waals surface area contributed by atoms with Crippen molar-refractivity contribution in [1.29, 1.82) is 0 Å². The Balaban J connectivity index is 1.82. The lowest BCUT2D eigenvalue weighted by Gasteiger charge is -2.15. The molecule has 1 unspecified atom stereocenters. The molecule has 106 valence electrons. The van der Waals surface area contributed by atoms with E-state index in [1.165, 1.54) is 14.9 Å². The van der Waals surface area contributed by atoms with Crippen LogP contribution in [0.25, 0.3) is 0 Å². The summed E-state index contributed by atoms with van der Waals surface area (Å²) >= 11 is 5.52. The normalized spacial score (nSPS) is 12.3. The van der Waals surface area contributed by atoms with Crippen molar-refractivity contribution < 1.29 is 0 Å². The van der Waals surface area contributed by atoms with E-state index in [1.807, 2.05) is 11.8 Å². The van der Waals surface area contributed by atoms with Crippen LogP contribution in [0, 0.1) is 5.92 Å². The lowest BCUT2D eigenvalue weighted by atomic mass is 9.97. The Morgan fingerprint density at radius 2 is 1.70 bits per heavy atom. The van der Waals surface area contributed by atoms with Gasteiger partial charge in [-0.1, -0.05) is 52.3 Å². The molecule has 3 heteroatoms. The number of hydrogen-bond acceptors (Lipinski definition) is 2. The Morgan fingerprint density at radius 1 is 1.00 bits per heavy atom. The number of rotatable bonds is 7. The van der Waals surface area contributed by atoms with Crippen molar-refractivity contribution >= 4 is 27.7 Å². The summed E-state index contributed by atoms with van der Waals surface area (Å²) in [6.07, 6.45) is 2.20. The lowest BCUT2D eigenvalue weighted by molar-refractivity contribution is 0.522. The highest BCUT2D eigenvalue weighted by Crippen LogP contribution is 2.24. The summed E-state index contributed by atoms with van der Waals surface area (Å²) in [5.41, 5.74) is 7.28. The third-order valence-corrected chi connectivity index (χ3v) is 5.16. The summed E-state index contributed by atoms with van der Waals surface area (Å²) in [6, 6.07) is 19.0. The Bertz CT molecular complexity index is 515. The van der Waals surface area contributed by atoms with Crippen LogP contribution in [-0.2, 0) is 6.42 Å². The first-order chi connectivity index (χ1) is 9.79. The van der Waals surface area contributed by atoms with Crippen molar-refractivity contribution in [1.82, 2.24) is 0 Å². The standard InChI is InChI=1S/C17H20BrNS/c18-17-9-5-4-6-15(17)12-14(13-19)10-11-20-16-7-2-1-3-8-16/h1-9,14H,10-13,19H2. The average Bonchev–Trinajstić information content (AvgIpc) is 2.49. The summed E-state index contributed by atoms with van der Waals surface area (Å²) in [5, 5.41) is 0. The van der Waals surface area contributed by atoms with Gasteiger partial charge in [0.2, 0.25) is 0 Å². The highest BCUT2D eigenvalue weighted by Gasteiger charge is 2.10. The first-order valence-electron chi connectivity index (χ1n) is 6.91. The van der Waals surface area contributed by atoms with Gasteiger partial charge in [-0.2, -0.15) is 0 Å². The smallest absolute Gasteiger partial charge is 0.0207 e. The van der Waals surface area contributed by atoms with Crippen molar-refractivity contribution in [3.05, 3.63) is 64.6 Å². The summed E-state index contributed by atoms with van der Waals surface area (Å²) in [5.74, 6) is 1.67. The van der Waals surface area contributed by atoms with Crippen LogP contribution < -0.4 is 5.73 Å². The van der Waals surface area contributed by atoms with Gasteiger partial charge in [0.05, 0.1) is 0 Å². The molecule has 20 heavy (non-hydrogen) atoms. The maximum Gasteiger partial charge on any atom is 0.0207 e. The fraction of sp³-hybridized carbons (Fsp3) is 0.294. The maximum atomic E-state index is 5.93. The third kappa shape index (κ3) is 4.97.